The Morgan fingerprint density at radius 2 is 2.13 bits per heavy atom. The predicted octanol–water partition coefficient (Wildman–Crippen LogP) is 5.11. The second kappa shape index (κ2) is 5.19. The number of thiophene rings is 1. The van der Waals surface area contributed by atoms with Gasteiger partial charge in [0.1, 0.15) is 0 Å². The van der Waals surface area contributed by atoms with Gasteiger partial charge in [-0.2, -0.15) is 0 Å². The largest absolute Gasteiger partial charge is 0.147 e. The van der Waals surface area contributed by atoms with Crippen LogP contribution in [0.2, 0.25) is 0 Å². The quantitative estimate of drug-likeness (QED) is 0.710. The molecule has 1 heterocycles. The standard InChI is InChI=1S/C12H11BrS2/c1-9-4-2-3-5-12(9)15-8-11-6-10(13)7-14-11/h2-7H,8H2,1H3. The van der Waals surface area contributed by atoms with Gasteiger partial charge < -0.3 is 0 Å². The van der Waals surface area contributed by atoms with Gasteiger partial charge in [-0.15, -0.1) is 23.1 Å². The minimum absolute atomic E-state index is 1.06. The van der Waals surface area contributed by atoms with Crippen LogP contribution in [0.4, 0.5) is 0 Å². The first-order valence-corrected chi connectivity index (χ1v) is 7.33. The molecule has 0 atom stereocenters. The molecule has 3 heteroatoms. The normalized spacial score (nSPS) is 10.5. The molecular weight excluding hydrogens is 288 g/mol. The Labute approximate surface area is 107 Å². The molecule has 0 fully saturated rings. The molecule has 0 aliphatic carbocycles. The fourth-order valence-electron chi connectivity index (χ4n) is 1.30. The van der Waals surface area contributed by atoms with E-state index in [0.29, 0.717) is 0 Å². The van der Waals surface area contributed by atoms with Crippen molar-refractivity contribution >= 4 is 39.0 Å². The summed E-state index contributed by atoms with van der Waals surface area (Å²) in [6.07, 6.45) is 0. The molecule has 0 bridgehead atoms. The molecule has 1 aromatic heterocycles. The van der Waals surface area contributed by atoms with Crippen LogP contribution < -0.4 is 0 Å². The van der Waals surface area contributed by atoms with E-state index in [1.807, 2.05) is 11.8 Å². The van der Waals surface area contributed by atoms with Crippen LogP contribution >= 0.6 is 39.0 Å². The SMILES string of the molecule is Cc1ccccc1SCc1cc(Br)cs1. The summed E-state index contributed by atoms with van der Waals surface area (Å²) in [5.41, 5.74) is 1.36. The zero-order chi connectivity index (χ0) is 10.7. The summed E-state index contributed by atoms with van der Waals surface area (Å²) in [4.78, 5) is 2.79. The molecule has 0 aliphatic rings. The lowest BCUT2D eigenvalue weighted by Gasteiger charge is -2.03. The zero-order valence-corrected chi connectivity index (χ0v) is 11.6. The maximum atomic E-state index is 3.47. The highest BCUT2D eigenvalue weighted by atomic mass is 79.9. The van der Waals surface area contributed by atoms with Crippen LogP contribution in [0.25, 0.3) is 0 Å². The first-order chi connectivity index (χ1) is 7.25. The molecule has 0 nitrogen and oxygen atoms in total. The van der Waals surface area contributed by atoms with Gasteiger partial charge >= 0.3 is 0 Å². The van der Waals surface area contributed by atoms with E-state index in [1.165, 1.54) is 19.8 Å². The Balaban J connectivity index is 2.02. The zero-order valence-electron chi connectivity index (χ0n) is 8.37. The van der Waals surface area contributed by atoms with E-state index < -0.39 is 0 Å². The molecule has 0 saturated carbocycles. The first-order valence-electron chi connectivity index (χ1n) is 4.67. The Morgan fingerprint density at radius 1 is 1.33 bits per heavy atom. The summed E-state index contributed by atoms with van der Waals surface area (Å²) in [6, 6.07) is 10.7. The summed E-state index contributed by atoms with van der Waals surface area (Å²) in [5, 5.41) is 2.13. The third kappa shape index (κ3) is 3.10. The molecule has 0 saturated heterocycles. The van der Waals surface area contributed by atoms with E-state index in [9.17, 15) is 0 Å². The van der Waals surface area contributed by atoms with Crippen LogP contribution in [-0.2, 0) is 5.75 Å². The molecule has 2 aromatic rings. The summed E-state index contributed by atoms with van der Waals surface area (Å²) in [6.45, 7) is 2.16. The molecule has 15 heavy (non-hydrogen) atoms. The number of rotatable bonds is 3. The highest BCUT2D eigenvalue weighted by Gasteiger charge is 2.01. The molecule has 2 rings (SSSR count). The molecule has 0 amide bonds. The molecule has 0 unspecified atom stereocenters. The molecule has 0 spiro atoms. The minimum atomic E-state index is 1.06. The molecule has 0 N–H and O–H groups in total. The second-order valence-corrected chi connectivity index (χ2v) is 6.21. The maximum absolute atomic E-state index is 3.47. The van der Waals surface area contributed by atoms with Gasteiger partial charge in [0, 0.05) is 25.4 Å². The third-order valence-corrected chi connectivity index (χ3v) is 5.19. The van der Waals surface area contributed by atoms with Crippen molar-refractivity contribution < 1.29 is 0 Å². The highest BCUT2D eigenvalue weighted by Crippen LogP contribution is 2.29. The summed E-state index contributed by atoms with van der Waals surface area (Å²) in [5.74, 6) is 1.06. The van der Waals surface area contributed by atoms with Crippen LogP contribution in [0, 0.1) is 6.92 Å². The third-order valence-electron chi connectivity index (χ3n) is 2.09. The van der Waals surface area contributed by atoms with Gasteiger partial charge in [0.05, 0.1) is 0 Å². The lowest BCUT2D eigenvalue weighted by Crippen LogP contribution is -1.79. The van der Waals surface area contributed by atoms with Gasteiger partial charge in [0.15, 0.2) is 0 Å². The predicted molar refractivity (Wildman–Crippen MR) is 72.8 cm³/mol. The van der Waals surface area contributed by atoms with Crippen molar-refractivity contribution in [2.24, 2.45) is 0 Å². The Bertz CT molecular complexity index is 448. The fourth-order valence-corrected chi connectivity index (χ4v) is 3.83. The van der Waals surface area contributed by atoms with E-state index in [1.54, 1.807) is 11.3 Å². The summed E-state index contributed by atoms with van der Waals surface area (Å²) >= 11 is 7.18. The van der Waals surface area contributed by atoms with Crippen LogP contribution in [-0.4, -0.2) is 0 Å². The lowest BCUT2D eigenvalue weighted by atomic mass is 10.2. The Hall–Kier alpha value is -0.250. The van der Waals surface area contributed by atoms with Crippen LogP contribution in [0.1, 0.15) is 10.4 Å². The van der Waals surface area contributed by atoms with E-state index in [0.717, 1.165) is 5.75 Å². The Morgan fingerprint density at radius 3 is 2.80 bits per heavy atom. The summed E-state index contributed by atoms with van der Waals surface area (Å²) < 4.78 is 1.19. The number of aryl methyl sites for hydroxylation is 1. The van der Waals surface area contributed by atoms with Crippen LogP contribution in [0.5, 0.6) is 0 Å². The first kappa shape index (κ1) is 11.2. The lowest BCUT2D eigenvalue weighted by molar-refractivity contribution is 1.30. The smallest absolute Gasteiger partial charge is 0.0326 e. The monoisotopic (exact) mass is 298 g/mol. The molecule has 1 aromatic carbocycles. The average molecular weight is 299 g/mol. The van der Waals surface area contributed by atoms with Crippen molar-refractivity contribution in [2.75, 3.05) is 0 Å². The van der Waals surface area contributed by atoms with E-state index in [2.05, 4.69) is 58.6 Å². The van der Waals surface area contributed by atoms with Crippen LogP contribution in [0.3, 0.4) is 0 Å². The van der Waals surface area contributed by atoms with Gasteiger partial charge in [0.2, 0.25) is 0 Å². The minimum Gasteiger partial charge on any atom is -0.147 e. The van der Waals surface area contributed by atoms with Crippen molar-refractivity contribution in [3.05, 3.63) is 50.6 Å². The molecule has 0 radical (unpaired) electrons. The number of thioether (sulfide) groups is 1. The average Bonchev–Trinajstić information content (AvgIpc) is 2.63. The van der Waals surface area contributed by atoms with Gasteiger partial charge in [-0.25, -0.2) is 0 Å². The number of benzene rings is 1. The van der Waals surface area contributed by atoms with Crippen molar-refractivity contribution in [3.8, 4) is 0 Å². The van der Waals surface area contributed by atoms with Gasteiger partial charge in [0.25, 0.3) is 0 Å². The van der Waals surface area contributed by atoms with E-state index in [-0.39, 0.29) is 0 Å². The van der Waals surface area contributed by atoms with Crippen molar-refractivity contribution in [1.29, 1.82) is 0 Å². The van der Waals surface area contributed by atoms with Crippen LogP contribution in [0.15, 0.2) is 45.1 Å². The highest BCUT2D eigenvalue weighted by molar-refractivity contribution is 9.10. The number of halogens is 1. The van der Waals surface area contributed by atoms with Gasteiger partial charge in [-0.05, 0) is 40.5 Å². The number of hydrogen-bond donors (Lipinski definition) is 0. The second-order valence-electron chi connectivity index (χ2n) is 3.29. The molecule has 0 aliphatic heterocycles. The Kier molecular flexibility index (Phi) is 3.89. The van der Waals surface area contributed by atoms with E-state index >= 15 is 0 Å². The van der Waals surface area contributed by atoms with Gasteiger partial charge in [-0.3, -0.25) is 0 Å². The van der Waals surface area contributed by atoms with Crippen molar-refractivity contribution in [1.82, 2.24) is 0 Å². The fraction of sp³-hybridized carbons (Fsp3) is 0.167. The van der Waals surface area contributed by atoms with Gasteiger partial charge in [-0.1, -0.05) is 18.2 Å². The maximum Gasteiger partial charge on any atom is 0.0326 e. The van der Waals surface area contributed by atoms with Crippen molar-refractivity contribution in [3.63, 3.8) is 0 Å². The molecule has 78 valence electrons. The van der Waals surface area contributed by atoms with Crippen molar-refractivity contribution in [2.45, 2.75) is 17.6 Å². The molecular formula is C12H11BrS2. The van der Waals surface area contributed by atoms with E-state index in [4.69, 9.17) is 0 Å². The topological polar surface area (TPSA) is 0 Å². The number of hydrogen-bond acceptors (Lipinski definition) is 2. The summed E-state index contributed by atoms with van der Waals surface area (Å²) in [7, 11) is 0.